The molecule has 0 bridgehead atoms. The largest absolute Gasteiger partial charge is 0.336 e. The molecule has 0 atom stereocenters. The SMILES string of the molecule is CN(CC(=O)Nc1ccc(F)cc1)C(=O)Cc1ccc(Cl)cc1Cl. The van der Waals surface area contributed by atoms with E-state index in [1.165, 1.54) is 36.2 Å². The summed E-state index contributed by atoms with van der Waals surface area (Å²) in [6.07, 6.45) is 0.0658. The summed E-state index contributed by atoms with van der Waals surface area (Å²) in [4.78, 5) is 25.4. The van der Waals surface area contributed by atoms with Crippen LogP contribution in [0, 0.1) is 5.82 Å². The highest BCUT2D eigenvalue weighted by molar-refractivity contribution is 6.35. The third kappa shape index (κ3) is 5.22. The summed E-state index contributed by atoms with van der Waals surface area (Å²) in [5.41, 5.74) is 1.10. The Hall–Kier alpha value is -2.11. The van der Waals surface area contributed by atoms with Crippen molar-refractivity contribution in [3.63, 3.8) is 0 Å². The van der Waals surface area contributed by atoms with Gasteiger partial charge in [-0.15, -0.1) is 0 Å². The molecule has 0 heterocycles. The van der Waals surface area contributed by atoms with Crippen LogP contribution >= 0.6 is 23.2 Å². The first-order valence-corrected chi connectivity index (χ1v) is 7.84. The van der Waals surface area contributed by atoms with Gasteiger partial charge in [0, 0.05) is 22.8 Å². The van der Waals surface area contributed by atoms with E-state index in [4.69, 9.17) is 23.2 Å². The first kappa shape index (κ1) is 18.2. The average molecular weight is 369 g/mol. The Kier molecular flexibility index (Phi) is 6.17. The second-order valence-corrected chi connectivity index (χ2v) is 6.06. The van der Waals surface area contributed by atoms with E-state index in [0.29, 0.717) is 21.3 Å². The van der Waals surface area contributed by atoms with Crippen molar-refractivity contribution in [2.75, 3.05) is 18.9 Å². The molecular weight excluding hydrogens is 354 g/mol. The Balaban J connectivity index is 1.90. The lowest BCUT2D eigenvalue weighted by molar-refractivity contribution is -0.132. The zero-order valence-corrected chi connectivity index (χ0v) is 14.4. The normalized spacial score (nSPS) is 10.3. The first-order valence-electron chi connectivity index (χ1n) is 7.08. The number of nitrogens with one attached hydrogen (secondary N) is 1. The molecule has 0 aliphatic heterocycles. The van der Waals surface area contributed by atoms with Crippen LogP contribution in [0.4, 0.5) is 10.1 Å². The summed E-state index contributed by atoms with van der Waals surface area (Å²) >= 11 is 11.9. The van der Waals surface area contributed by atoms with Crippen LogP contribution in [0.5, 0.6) is 0 Å². The Morgan fingerprint density at radius 1 is 1.12 bits per heavy atom. The molecule has 2 amide bonds. The van der Waals surface area contributed by atoms with Gasteiger partial charge in [0.05, 0.1) is 13.0 Å². The van der Waals surface area contributed by atoms with Gasteiger partial charge in [-0.2, -0.15) is 0 Å². The number of halogens is 3. The molecule has 4 nitrogen and oxygen atoms in total. The summed E-state index contributed by atoms with van der Waals surface area (Å²) in [5, 5.41) is 3.49. The van der Waals surface area contributed by atoms with Crippen LogP contribution in [-0.4, -0.2) is 30.3 Å². The number of carbonyl (C=O) groups excluding carboxylic acids is 2. The Bertz CT molecular complexity index is 751. The van der Waals surface area contributed by atoms with Gasteiger partial charge in [-0.25, -0.2) is 4.39 Å². The van der Waals surface area contributed by atoms with Crippen molar-refractivity contribution in [1.82, 2.24) is 4.90 Å². The molecule has 1 N–H and O–H groups in total. The standard InChI is InChI=1S/C17H15Cl2FN2O2/c1-22(10-16(23)21-14-6-4-13(20)5-7-14)17(24)8-11-2-3-12(18)9-15(11)19/h2-7,9H,8,10H2,1H3,(H,21,23). The molecule has 0 saturated heterocycles. The fraction of sp³-hybridized carbons (Fsp3) is 0.176. The summed E-state index contributed by atoms with van der Waals surface area (Å²) in [5.74, 6) is -1.02. The average Bonchev–Trinajstić information content (AvgIpc) is 2.52. The maximum absolute atomic E-state index is 12.8. The van der Waals surface area contributed by atoms with Crippen molar-refractivity contribution in [2.24, 2.45) is 0 Å². The van der Waals surface area contributed by atoms with E-state index >= 15 is 0 Å². The van der Waals surface area contributed by atoms with Crippen molar-refractivity contribution in [3.05, 3.63) is 63.9 Å². The summed E-state index contributed by atoms with van der Waals surface area (Å²) in [7, 11) is 1.52. The lowest BCUT2D eigenvalue weighted by Crippen LogP contribution is -2.35. The quantitative estimate of drug-likeness (QED) is 0.872. The van der Waals surface area contributed by atoms with Crippen LogP contribution < -0.4 is 5.32 Å². The van der Waals surface area contributed by atoms with Gasteiger partial charge in [-0.1, -0.05) is 29.3 Å². The predicted octanol–water partition coefficient (Wildman–Crippen LogP) is 3.77. The molecule has 0 aliphatic rings. The van der Waals surface area contributed by atoms with Gasteiger partial charge in [0.25, 0.3) is 0 Å². The first-order chi connectivity index (χ1) is 11.3. The molecule has 24 heavy (non-hydrogen) atoms. The van der Waals surface area contributed by atoms with Crippen molar-refractivity contribution < 1.29 is 14.0 Å². The molecule has 0 saturated carbocycles. The van der Waals surface area contributed by atoms with Crippen LogP contribution in [0.3, 0.4) is 0 Å². The fourth-order valence-corrected chi connectivity index (χ4v) is 2.48. The topological polar surface area (TPSA) is 49.4 Å². The van der Waals surface area contributed by atoms with Crippen LogP contribution in [-0.2, 0) is 16.0 Å². The van der Waals surface area contributed by atoms with E-state index in [2.05, 4.69) is 5.32 Å². The molecule has 0 aromatic heterocycles. The third-order valence-electron chi connectivity index (χ3n) is 3.29. The van der Waals surface area contributed by atoms with Crippen LogP contribution in [0.25, 0.3) is 0 Å². The minimum Gasteiger partial charge on any atom is -0.336 e. The summed E-state index contributed by atoms with van der Waals surface area (Å²) in [6.45, 7) is -0.124. The number of amides is 2. The maximum Gasteiger partial charge on any atom is 0.243 e. The smallest absolute Gasteiger partial charge is 0.243 e. The van der Waals surface area contributed by atoms with E-state index in [1.54, 1.807) is 18.2 Å². The molecule has 0 radical (unpaired) electrons. The minimum atomic E-state index is -0.389. The van der Waals surface area contributed by atoms with Gasteiger partial charge in [0.15, 0.2) is 0 Å². The van der Waals surface area contributed by atoms with Gasteiger partial charge >= 0.3 is 0 Å². The molecule has 0 fully saturated rings. The fourth-order valence-electron chi connectivity index (χ4n) is 2.00. The third-order valence-corrected chi connectivity index (χ3v) is 3.88. The van der Waals surface area contributed by atoms with Crippen LogP contribution in [0.1, 0.15) is 5.56 Å². The van der Waals surface area contributed by atoms with E-state index < -0.39 is 0 Å². The lowest BCUT2D eigenvalue weighted by Gasteiger charge is -2.17. The maximum atomic E-state index is 12.8. The molecular formula is C17H15Cl2FN2O2. The van der Waals surface area contributed by atoms with Crippen molar-refractivity contribution in [3.8, 4) is 0 Å². The van der Waals surface area contributed by atoms with Crippen LogP contribution in [0.2, 0.25) is 10.0 Å². The molecule has 126 valence electrons. The highest BCUT2D eigenvalue weighted by atomic mass is 35.5. The number of hydrogen-bond acceptors (Lipinski definition) is 2. The zero-order valence-electron chi connectivity index (χ0n) is 12.9. The predicted molar refractivity (Wildman–Crippen MR) is 92.8 cm³/mol. The van der Waals surface area contributed by atoms with E-state index in [1.807, 2.05) is 0 Å². The highest BCUT2D eigenvalue weighted by Gasteiger charge is 2.15. The Morgan fingerprint density at radius 2 is 1.79 bits per heavy atom. The molecule has 7 heteroatoms. The van der Waals surface area contributed by atoms with Gasteiger partial charge in [0.2, 0.25) is 11.8 Å². The molecule has 0 aliphatic carbocycles. The molecule has 0 spiro atoms. The van der Waals surface area contributed by atoms with E-state index in [0.717, 1.165) is 0 Å². The highest BCUT2D eigenvalue weighted by Crippen LogP contribution is 2.21. The summed E-state index contributed by atoms with van der Waals surface area (Å²) in [6, 6.07) is 10.3. The zero-order chi connectivity index (χ0) is 17.7. The van der Waals surface area contributed by atoms with Gasteiger partial charge < -0.3 is 10.2 Å². The second-order valence-electron chi connectivity index (χ2n) is 5.22. The number of likely N-dealkylation sites (N-methyl/N-ethyl adjacent to an activating group) is 1. The van der Waals surface area contributed by atoms with Crippen molar-refractivity contribution in [2.45, 2.75) is 6.42 Å². The number of nitrogens with zero attached hydrogens (tertiary/aromatic N) is 1. The number of rotatable bonds is 5. The number of anilines is 1. The minimum absolute atomic E-state index is 0.0658. The van der Waals surface area contributed by atoms with Crippen LogP contribution in [0.15, 0.2) is 42.5 Å². The summed E-state index contributed by atoms with van der Waals surface area (Å²) < 4.78 is 12.8. The second kappa shape index (κ2) is 8.13. The molecule has 2 rings (SSSR count). The monoisotopic (exact) mass is 368 g/mol. The molecule has 2 aromatic rings. The van der Waals surface area contributed by atoms with Gasteiger partial charge in [0.1, 0.15) is 5.82 Å². The van der Waals surface area contributed by atoms with Crippen molar-refractivity contribution >= 4 is 40.7 Å². The van der Waals surface area contributed by atoms with Gasteiger partial charge in [-0.3, -0.25) is 9.59 Å². The molecule has 0 unspecified atom stereocenters. The van der Waals surface area contributed by atoms with E-state index in [-0.39, 0.29) is 30.6 Å². The Morgan fingerprint density at radius 3 is 2.42 bits per heavy atom. The Labute approximate surface area is 149 Å². The van der Waals surface area contributed by atoms with Crippen molar-refractivity contribution in [1.29, 1.82) is 0 Å². The lowest BCUT2D eigenvalue weighted by atomic mass is 10.1. The number of carbonyl (C=O) groups is 2. The number of benzene rings is 2. The van der Waals surface area contributed by atoms with Gasteiger partial charge in [-0.05, 0) is 42.0 Å². The number of hydrogen-bond donors (Lipinski definition) is 1. The van der Waals surface area contributed by atoms with E-state index in [9.17, 15) is 14.0 Å². The molecule has 2 aromatic carbocycles.